The number of allylic oxidation sites excluding steroid dienone is 4. The van der Waals surface area contributed by atoms with E-state index in [4.69, 9.17) is 4.74 Å². The van der Waals surface area contributed by atoms with Crippen LogP contribution in [0.3, 0.4) is 0 Å². The van der Waals surface area contributed by atoms with Gasteiger partial charge in [-0.05, 0) is 74.0 Å². The van der Waals surface area contributed by atoms with Crippen LogP contribution in [0.5, 0.6) is 0 Å². The van der Waals surface area contributed by atoms with Gasteiger partial charge in [0.2, 0.25) is 5.78 Å². The Labute approximate surface area is 159 Å². The molecule has 1 N–H and O–H groups in total. The first kappa shape index (κ1) is 18.6. The van der Waals surface area contributed by atoms with Crippen molar-refractivity contribution in [2.24, 2.45) is 17.3 Å². The van der Waals surface area contributed by atoms with Crippen molar-refractivity contribution in [3.05, 3.63) is 22.8 Å². The van der Waals surface area contributed by atoms with Crippen molar-refractivity contribution < 1.29 is 24.2 Å². The predicted octanol–water partition coefficient (Wildman–Crippen LogP) is 3.06. The summed E-state index contributed by atoms with van der Waals surface area (Å²) in [5.74, 6) is 0.0258. The van der Waals surface area contributed by atoms with E-state index in [-0.39, 0.29) is 24.1 Å². The van der Waals surface area contributed by atoms with Crippen LogP contribution in [0.2, 0.25) is 0 Å². The number of ether oxygens (including phenoxy) is 1. The van der Waals surface area contributed by atoms with Gasteiger partial charge in [0.15, 0.2) is 12.4 Å². The maximum absolute atomic E-state index is 12.8. The molecule has 0 aromatic heterocycles. The fraction of sp³-hybridized carbons (Fsp3) is 0.682. The zero-order valence-corrected chi connectivity index (χ0v) is 16.2. The highest BCUT2D eigenvalue weighted by molar-refractivity contribution is 5.93. The molecule has 2 saturated carbocycles. The molecule has 2 unspecified atom stereocenters. The van der Waals surface area contributed by atoms with E-state index in [0.717, 1.165) is 38.5 Å². The van der Waals surface area contributed by atoms with E-state index in [1.807, 2.05) is 13.0 Å². The van der Waals surface area contributed by atoms with Crippen LogP contribution in [-0.4, -0.2) is 34.9 Å². The van der Waals surface area contributed by atoms with Crippen molar-refractivity contribution in [1.82, 2.24) is 0 Å². The number of esters is 1. The average molecular weight is 372 g/mol. The van der Waals surface area contributed by atoms with Crippen molar-refractivity contribution in [2.75, 3.05) is 6.61 Å². The van der Waals surface area contributed by atoms with Crippen LogP contribution in [0.1, 0.15) is 65.2 Å². The first-order valence-corrected chi connectivity index (χ1v) is 10.1. The van der Waals surface area contributed by atoms with E-state index < -0.39 is 17.0 Å². The number of fused-ring (bicyclic) bond motifs is 4. The largest absolute Gasteiger partial charge is 0.458 e. The molecule has 4 atom stereocenters. The minimum absolute atomic E-state index is 0.236. The van der Waals surface area contributed by atoms with Crippen LogP contribution >= 0.6 is 0 Å². The van der Waals surface area contributed by atoms with Gasteiger partial charge in [-0.3, -0.25) is 14.4 Å². The molecular formula is C22H28O5. The summed E-state index contributed by atoms with van der Waals surface area (Å²) < 4.78 is 4.90. The number of carbonyl (C=O) groups excluding carboxylic acids is 3. The van der Waals surface area contributed by atoms with Gasteiger partial charge in [0.05, 0.1) is 0 Å². The SMILES string of the molecule is CC(=O)OCC(=O)[C@@]1(O)CCC2C3CCC4=CC(=O)CCC4=C3CC[C@@]21C. The summed E-state index contributed by atoms with van der Waals surface area (Å²) >= 11 is 0. The van der Waals surface area contributed by atoms with Crippen molar-refractivity contribution in [3.63, 3.8) is 0 Å². The molecule has 5 nitrogen and oxygen atoms in total. The fourth-order valence-electron chi connectivity index (χ4n) is 6.29. The smallest absolute Gasteiger partial charge is 0.303 e. The van der Waals surface area contributed by atoms with Crippen LogP contribution < -0.4 is 0 Å². The van der Waals surface area contributed by atoms with Crippen molar-refractivity contribution >= 4 is 17.5 Å². The molecule has 0 aromatic rings. The van der Waals surface area contributed by atoms with Gasteiger partial charge in [0.1, 0.15) is 5.60 Å². The number of Topliss-reactive ketones (excluding diaryl/α,β-unsaturated/α-hetero) is 1. The maximum Gasteiger partial charge on any atom is 0.303 e. The molecule has 0 amide bonds. The minimum atomic E-state index is -1.41. The number of hydrogen-bond acceptors (Lipinski definition) is 5. The zero-order valence-electron chi connectivity index (χ0n) is 16.2. The summed E-state index contributed by atoms with van der Waals surface area (Å²) in [6, 6.07) is 0. The quantitative estimate of drug-likeness (QED) is 0.770. The monoisotopic (exact) mass is 372 g/mol. The molecule has 4 aliphatic carbocycles. The van der Waals surface area contributed by atoms with Gasteiger partial charge in [-0.15, -0.1) is 0 Å². The van der Waals surface area contributed by atoms with Crippen LogP contribution in [-0.2, 0) is 19.1 Å². The standard InChI is InChI=1S/C22H28O5/c1-13(23)27-12-20(25)22(26)10-8-19-18-5-3-14-11-15(24)4-6-16(14)17(18)7-9-21(19,22)2/h11,18-19,26H,3-10,12H2,1-2H3/t18?,19?,21-,22-/m0/s1. The summed E-state index contributed by atoms with van der Waals surface area (Å²) in [5.41, 5.74) is 2.18. The molecule has 0 heterocycles. The molecule has 0 aliphatic heterocycles. The molecule has 27 heavy (non-hydrogen) atoms. The normalized spacial score (nSPS) is 37.9. The second-order valence-electron chi connectivity index (χ2n) is 8.91. The molecule has 0 bridgehead atoms. The molecule has 0 radical (unpaired) electrons. The molecule has 0 saturated heterocycles. The molecule has 146 valence electrons. The number of rotatable bonds is 3. The van der Waals surface area contributed by atoms with Crippen LogP contribution in [0.25, 0.3) is 0 Å². The van der Waals surface area contributed by atoms with E-state index in [9.17, 15) is 19.5 Å². The third-order valence-corrected chi connectivity index (χ3v) is 7.75. The molecule has 0 spiro atoms. The van der Waals surface area contributed by atoms with Gasteiger partial charge in [0.25, 0.3) is 0 Å². The summed E-state index contributed by atoms with van der Waals surface area (Å²) in [6.07, 6.45) is 8.08. The lowest BCUT2D eigenvalue weighted by atomic mass is 9.54. The topological polar surface area (TPSA) is 80.7 Å². The molecule has 4 aliphatic rings. The lowest BCUT2D eigenvalue weighted by Gasteiger charge is -2.51. The molecule has 0 aromatic carbocycles. The molecular weight excluding hydrogens is 344 g/mol. The van der Waals surface area contributed by atoms with Gasteiger partial charge in [-0.2, -0.15) is 0 Å². The second-order valence-corrected chi connectivity index (χ2v) is 8.91. The third-order valence-electron chi connectivity index (χ3n) is 7.75. The number of aliphatic hydroxyl groups is 1. The second kappa shape index (κ2) is 6.40. The van der Waals surface area contributed by atoms with Crippen LogP contribution in [0.4, 0.5) is 0 Å². The van der Waals surface area contributed by atoms with Crippen LogP contribution in [0.15, 0.2) is 22.8 Å². The third kappa shape index (κ3) is 2.74. The predicted molar refractivity (Wildman–Crippen MR) is 98.7 cm³/mol. The Bertz CT molecular complexity index is 776. The summed E-state index contributed by atoms with van der Waals surface area (Å²) in [5, 5.41) is 11.4. The highest BCUT2D eigenvalue weighted by Gasteiger charge is 2.63. The van der Waals surface area contributed by atoms with E-state index in [2.05, 4.69) is 0 Å². The minimum Gasteiger partial charge on any atom is -0.458 e. The Balaban J connectivity index is 1.63. The van der Waals surface area contributed by atoms with E-state index >= 15 is 0 Å². The van der Waals surface area contributed by atoms with E-state index in [1.54, 1.807) is 0 Å². The summed E-state index contributed by atoms with van der Waals surface area (Å²) in [4.78, 5) is 35.6. The first-order chi connectivity index (χ1) is 12.8. The maximum atomic E-state index is 12.8. The zero-order chi connectivity index (χ0) is 19.4. The van der Waals surface area contributed by atoms with E-state index in [0.29, 0.717) is 18.8 Å². The number of ketones is 2. The highest BCUT2D eigenvalue weighted by atomic mass is 16.5. The Morgan fingerprint density at radius 1 is 1.19 bits per heavy atom. The van der Waals surface area contributed by atoms with Gasteiger partial charge >= 0.3 is 5.97 Å². The Hall–Kier alpha value is -1.75. The average Bonchev–Trinajstić information content (AvgIpc) is 2.91. The first-order valence-electron chi connectivity index (χ1n) is 10.1. The fourth-order valence-corrected chi connectivity index (χ4v) is 6.29. The Morgan fingerprint density at radius 3 is 2.70 bits per heavy atom. The Morgan fingerprint density at radius 2 is 1.96 bits per heavy atom. The lowest BCUT2D eigenvalue weighted by molar-refractivity contribution is -0.163. The lowest BCUT2D eigenvalue weighted by Crippen LogP contribution is -2.55. The van der Waals surface area contributed by atoms with Crippen LogP contribution in [0, 0.1) is 17.3 Å². The molecule has 2 fully saturated rings. The van der Waals surface area contributed by atoms with Crippen molar-refractivity contribution in [2.45, 2.75) is 70.8 Å². The van der Waals surface area contributed by atoms with Gasteiger partial charge in [-0.1, -0.05) is 12.5 Å². The van der Waals surface area contributed by atoms with Crippen molar-refractivity contribution in [1.29, 1.82) is 0 Å². The summed E-state index contributed by atoms with van der Waals surface area (Å²) in [6.45, 7) is 2.98. The van der Waals surface area contributed by atoms with Gasteiger partial charge < -0.3 is 9.84 Å². The van der Waals surface area contributed by atoms with Gasteiger partial charge in [-0.25, -0.2) is 0 Å². The van der Waals surface area contributed by atoms with E-state index in [1.165, 1.54) is 23.6 Å². The highest BCUT2D eigenvalue weighted by Crippen LogP contribution is 2.63. The molecule has 5 heteroatoms. The van der Waals surface area contributed by atoms with Crippen molar-refractivity contribution in [3.8, 4) is 0 Å². The Kier molecular flexibility index (Phi) is 4.41. The number of carbonyl (C=O) groups is 3. The summed E-state index contributed by atoms with van der Waals surface area (Å²) in [7, 11) is 0. The number of hydrogen-bond donors (Lipinski definition) is 1. The van der Waals surface area contributed by atoms with Gasteiger partial charge in [0, 0.05) is 18.8 Å². The molecule has 4 rings (SSSR count).